The molecular weight excluding hydrogens is 370 g/mol. The van der Waals surface area contributed by atoms with E-state index in [-0.39, 0.29) is 11.6 Å². The first kappa shape index (κ1) is 17.3. The Morgan fingerprint density at radius 3 is 2.59 bits per heavy atom. The number of ether oxygens (including phenoxy) is 1. The monoisotopic (exact) mass is 385 g/mol. The number of thioether (sulfide) groups is 1. The minimum atomic E-state index is -0.575. The molecule has 8 nitrogen and oxygen atoms in total. The molecule has 2 aromatic carbocycles. The number of nitrogens with zero attached hydrogens (tertiary/aromatic N) is 3. The predicted octanol–water partition coefficient (Wildman–Crippen LogP) is 3.19. The van der Waals surface area contributed by atoms with Crippen LogP contribution in [0.3, 0.4) is 0 Å². The molecular formula is C18H15N3O5S. The van der Waals surface area contributed by atoms with Gasteiger partial charge in [-0.05, 0) is 29.8 Å². The second-order valence-electron chi connectivity index (χ2n) is 6.12. The number of non-ortho nitro benzene ring substituents is 1. The maximum atomic E-state index is 13.0. The second-order valence-corrected chi connectivity index (χ2v) is 7.23. The van der Waals surface area contributed by atoms with Crippen LogP contribution >= 0.6 is 11.8 Å². The van der Waals surface area contributed by atoms with Crippen LogP contribution in [0.5, 0.6) is 5.75 Å². The molecule has 138 valence electrons. The quantitative estimate of drug-likeness (QED) is 0.456. The molecule has 27 heavy (non-hydrogen) atoms. The van der Waals surface area contributed by atoms with E-state index in [1.807, 2.05) is 0 Å². The van der Waals surface area contributed by atoms with E-state index in [0.29, 0.717) is 22.8 Å². The van der Waals surface area contributed by atoms with E-state index in [0.717, 1.165) is 4.90 Å². The van der Waals surface area contributed by atoms with Gasteiger partial charge >= 0.3 is 6.03 Å². The van der Waals surface area contributed by atoms with E-state index in [1.165, 1.54) is 35.9 Å². The summed E-state index contributed by atoms with van der Waals surface area (Å²) in [6.45, 7) is 0. The maximum Gasteiger partial charge on any atom is 0.333 e. The molecule has 0 unspecified atom stereocenters. The van der Waals surface area contributed by atoms with Gasteiger partial charge in [-0.2, -0.15) is 0 Å². The lowest BCUT2D eigenvalue weighted by atomic mass is 10.1. The van der Waals surface area contributed by atoms with Crippen molar-refractivity contribution in [3.63, 3.8) is 0 Å². The summed E-state index contributed by atoms with van der Waals surface area (Å²) in [6, 6.07) is 11.9. The van der Waals surface area contributed by atoms with Gasteiger partial charge in [-0.25, -0.2) is 9.69 Å². The van der Waals surface area contributed by atoms with Gasteiger partial charge in [-0.3, -0.25) is 19.8 Å². The summed E-state index contributed by atoms with van der Waals surface area (Å²) in [5.74, 6) is 0.791. The Labute approximate surface area is 158 Å². The second kappa shape index (κ2) is 6.58. The van der Waals surface area contributed by atoms with Gasteiger partial charge in [0.2, 0.25) is 0 Å². The van der Waals surface area contributed by atoms with Gasteiger partial charge in [0.05, 0.1) is 17.7 Å². The summed E-state index contributed by atoms with van der Waals surface area (Å²) in [5.41, 5.74) is 1.07. The Bertz CT molecular complexity index is 933. The molecule has 0 N–H and O–H groups in total. The molecule has 2 saturated heterocycles. The summed E-state index contributed by atoms with van der Waals surface area (Å²) < 4.78 is 5.11. The van der Waals surface area contributed by atoms with Crippen LogP contribution < -0.4 is 9.64 Å². The van der Waals surface area contributed by atoms with Crippen molar-refractivity contribution in [1.29, 1.82) is 0 Å². The molecule has 9 heteroatoms. The summed E-state index contributed by atoms with van der Waals surface area (Å²) in [5, 5.41) is 10.6. The smallest absolute Gasteiger partial charge is 0.333 e. The van der Waals surface area contributed by atoms with E-state index in [1.54, 1.807) is 36.4 Å². The van der Waals surface area contributed by atoms with E-state index in [9.17, 15) is 19.7 Å². The number of methoxy groups -OCH3 is 1. The third-order valence-corrected chi connectivity index (χ3v) is 5.94. The van der Waals surface area contributed by atoms with E-state index >= 15 is 0 Å². The number of nitro groups is 1. The highest BCUT2D eigenvalue weighted by Crippen LogP contribution is 2.46. The van der Waals surface area contributed by atoms with Gasteiger partial charge in [0, 0.05) is 17.9 Å². The molecule has 4 rings (SSSR count). The number of carbonyl (C=O) groups excluding carboxylic acids is 2. The van der Waals surface area contributed by atoms with Crippen LogP contribution in [0.1, 0.15) is 10.9 Å². The number of nitro benzene ring substituents is 1. The molecule has 0 aromatic heterocycles. The number of benzene rings is 2. The number of imide groups is 1. The number of fused-ring (bicyclic) bond motifs is 1. The molecule has 2 aromatic rings. The molecule has 0 radical (unpaired) electrons. The number of amides is 3. The number of hydrogen-bond acceptors (Lipinski definition) is 6. The Hall–Kier alpha value is -3.07. The first-order valence-corrected chi connectivity index (χ1v) is 9.22. The van der Waals surface area contributed by atoms with Crippen LogP contribution in [0, 0.1) is 10.1 Å². The number of urea groups is 1. The van der Waals surface area contributed by atoms with E-state index < -0.39 is 22.4 Å². The van der Waals surface area contributed by atoms with Crippen LogP contribution in [0.4, 0.5) is 16.2 Å². The van der Waals surface area contributed by atoms with Gasteiger partial charge < -0.3 is 4.74 Å². The van der Waals surface area contributed by atoms with Gasteiger partial charge in [0.1, 0.15) is 17.2 Å². The number of rotatable bonds is 4. The van der Waals surface area contributed by atoms with Crippen molar-refractivity contribution in [3.8, 4) is 5.75 Å². The van der Waals surface area contributed by atoms with Crippen LogP contribution in [-0.2, 0) is 4.79 Å². The maximum absolute atomic E-state index is 13.0. The minimum Gasteiger partial charge on any atom is -0.497 e. The average Bonchev–Trinajstić information content (AvgIpc) is 3.22. The van der Waals surface area contributed by atoms with Crippen LogP contribution in [-0.4, -0.2) is 40.7 Å². The zero-order chi connectivity index (χ0) is 19.1. The molecule has 2 aliphatic heterocycles. The van der Waals surface area contributed by atoms with E-state index in [2.05, 4.69) is 0 Å². The highest BCUT2D eigenvalue weighted by atomic mass is 32.2. The molecule has 0 bridgehead atoms. The number of hydrogen-bond donors (Lipinski definition) is 0. The normalized spacial score (nSPS) is 21.5. The predicted molar refractivity (Wildman–Crippen MR) is 99.8 cm³/mol. The Morgan fingerprint density at radius 1 is 1.19 bits per heavy atom. The number of carbonyl (C=O) groups is 2. The standard InChI is InChI=1S/C18H15N3O5S/c1-26-14-7-5-12(6-8-14)19-16(22)15-10-27-17(20(15)18(19)23)11-3-2-4-13(9-11)21(24)25/h2-9,15,17H,10H2,1H3/t15-,17+/m0/s1. The summed E-state index contributed by atoms with van der Waals surface area (Å²) in [4.78, 5) is 39.1. The fourth-order valence-corrected chi connectivity index (χ4v) is 4.71. The van der Waals surface area contributed by atoms with Crippen molar-refractivity contribution < 1.29 is 19.2 Å². The first-order chi connectivity index (χ1) is 13.0. The zero-order valence-corrected chi connectivity index (χ0v) is 15.1. The van der Waals surface area contributed by atoms with Crippen LogP contribution in [0.25, 0.3) is 0 Å². The van der Waals surface area contributed by atoms with Crippen molar-refractivity contribution in [2.24, 2.45) is 0 Å². The Balaban J connectivity index is 1.66. The summed E-state index contributed by atoms with van der Waals surface area (Å²) in [6.07, 6.45) is 0. The van der Waals surface area contributed by atoms with Crippen LogP contribution in [0.15, 0.2) is 48.5 Å². The molecule has 2 atom stereocenters. The molecule has 0 aliphatic carbocycles. The van der Waals surface area contributed by atoms with Gasteiger partial charge in [0.15, 0.2) is 0 Å². The SMILES string of the molecule is COc1ccc(N2C(=O)[C@@H]3CS[C@H](c4cccc([N+](=O)[O-])c4)N3C2=O)cc1. The van der Waals surface area contributed by atoms with Crippen molar-refractivity contribution in [2.45, 2.75) is 11.4 Å². The number of anilines is 1. The molecule has 2 fully saturated rings. The van der Waals surface area contributed by atoms with Gasteiger partial charge in [0.25, 0.3) is 11.6 Å². The summed E-state index contributed by atoms with van der Waals surface area (Å²) in [7, 11) is 1.54. The Morgan fingerprint density at radius 2 is 1.93 bits per heavy atom. The molecule has 0 spiro atoms. The zero-order valence-electron chi connectivity index (χ0n) is 14.3. The van der Waals surface area contributed by atoms with Crippen molar-refractivity contribution in [2.75, 3.05) is 17.8 Å². The third kappa shape index (κ3) is 2.80. The fraction of sp³-hybridized carbons (Fsp3) is 0.222. The van der Waals surface area contributed by atoms with Gasteiger partial charge in [-0.15, -0.1) is 11.8 Å². The summed E-state index contributed by atoms with van der Waals surface area (Å²) >= 11 is 1.43. The highest BCUT2D eigenvalue weighted by molar-refractivity contribution is 7.99. The topological polar surface area (TPSA) is 93.0 Å². The molecule has 2 aliphatic rings. The average molecular weight is 385 g/mol. The van der Waals surface area contributed by atoms with Crippen LogP contribution in [0.2, 0.25) is 0 Å². The third-order valence-electron chi connectivity index (χ3n) is 4.61. The molecule has 0 saturated carbocycles. The van der Waals surface area contributed by atoms with Crippen molar-refractivity contribution in [3.05, 3.63) is 64.2 Å². The Kier molecular flexibility index (Phi) is 4.23. The fourth-order valence-electron chi connectivity index (χ4n) is 3.31. The molecule has 2 heterocycles. The minimum absolute atomic E-state index is 0.0402. The highest BCUT2D eigenvalue weighted by Gasteiger charge is 2.53. The van der Waals surface area contributed by atoms with E-state index in [4.69, 9.17) is 4.74 Å². The largest absolute Gasteiger partial charge is 0.497 e. The van der Waals surface area contributed by atoms with Crippen molar-refractivity contribution >= 4 is 35.1 Å². The lowest BCUT2D eigenvalue weighted by molar-refractivity contribution is -0.384. The first-order valence-electron chi connectivity index (χ1n) is 8.17. The van der Waals surface area contributed by atoms with Crippen molar-refractivity contribution in [1.82, 2.24) is 4.90 Å². The van der Waals surface area contributed by atoms with Gasteiger partial charge in [-0.1, -0.05) is 12.1 Å². The lowest BCUT2D eigenvalue weighted by Crippen LogP contribution is -2.33. The molecule has 3 amide bonds. The lowest BCUT2D eigenvalue weighted by Gasteiger charge is -2.23.